The number of hydrogen-bond acceptors (Lipinski definition) is 5. The zero-order chi connectivity index (χ0) is 23.9. The summed E-state index contributed by atoms with van der Waals surface area (Å²) in [5, 5.41) is 4.83. The van der Waals surface area contributed by atoms with Gasteiger partial charge in [0.2, 0.25) is 0 Å². The molecular weight excluding hydrogens is 470 g/mol. The minimum Gasteiger partial charge on any atom is -0.376 e. The van der Waals surface area contributed by atoms with Gasteiger partial charge in [0.25, 0.3) is 11.5 Å². The Morgan fingerprint density at radius 3 is 2.79 bits per heavy atom. The lowest BCUT2D eigenvalue weighted by atomic mass is 10.1. The molecule has 1 aliphatic heterocycles. The van der Waals surface area contributed by atoms with Gasteiger partial charge in [-0.3, -0.25) is 14.2 Å². The van der Waals surface area contributed by atoms with Crippen molar-refractivity contribution in [1.29, 1.82) is 0 Å². The molecule has 180 valence electrons. The van der Waals surface area contributed by atoms with Crippen LogP contribution in [0.25, 0.3) is 10.9 Å². The van der Waals surface area contributed by atoms with Crippen molar-refractivity contribution < 1.29 is 9.53 Å². The first kappa shape index (κ1) is 24.8. The monoisotopic (exact) mass is 499 g/mol. The Hall–Kier alpha value is -2.35. The number of carbonyl (C=O) groups is 1. The van der Waals surface area contributed by atoms with Gasteiger partial charge in [-0.25, -0.2) is 4.98 Å². The van der Waals surface area contributed by atoms with Crippen molar-refractivity contribution in [2.45, 2.75) is 62.6 Å². The fourth-order valence-corrected chi connectivity index (χ4v) is 5.12. The van der Waals surface area contributed by atoms with Gasteiger partial charge in [-0.05, 0) is 55.2 Å². The van der Waals surface area contributed by atoms with Crippen molar-refractivity contribution in [2.75, 3.05) is 13.2 Å². The van der Waals surface area contributed by atoms with E-state index in [0.29, 0.717) is 45.5 Å². The number of thioether (sulfide) groups is 1. The van der Waals surface area contributed by atoms with Crippen LogP contribution in [0.1, 0.15) is 54.9 Å². The van der Waals surface area contributed by atoms with Crippen LogP contribution in [0.2, 0.25) is 5.02 Å². The minimum atomic E-state index is -0.179. The molecule has 4 rings (SSSR count). The molecular formula is C26H30ClN3O3S. The van der Waals surface area contributed by atoms with Crippen LogP contribution in [-0.4, -0.2) is 34.7 Å². The molecule has 0 unspecified atom stereocenters. The molecule has 1 aliphatic rings. The van der Waals surface area contributed by atoms with Crippen LogP contribution in [0.3, 0.4) is 0 Å². The normalized spacial score (nSPS) is 15.6. The van der Waals surface area contributed by atoms with Gasteiger partial charge in [0, 0.05) is 36.0 Å². The zero-order valence-electron chi connectivity index (χ0n) is 19.4. The summed E-state index contributed by atoms with van der Waals surface area (Å²) in [7, 11) is 0. The second-order valence-electron chi connectivity index (χ2n) is 8.55. The number of amides is 1. The summed E-state index contributed by atoms with van der Waals surface area (Å²) >= 11 is 7.53. The number of halogens is 1. The van der Waals surface area contributed by atoms with Crippen molar-refractivity contribution in [3.63, 3.8) is 0 Å². The number of hydrogen-bond donors (Lipinski definition) is 1. The Morgan fingerprint density at radius 1 is 1.24 bits per heavy atom. The zero-order valence-corrected chi connectivity index (χ0v) is 21.0. The Balaban J connectivity index is 1.59. The molecule has 1 N–H and O–H groups in total. The maximum Gasteiger partial charge on any atom is 0.262 e. The first-order valence-electron chi connectivity index (χ1n) is 11.9. The summed E-state index contributed by atoms with van der Waals surface area (Å²) < 4.78 is 7.36. The molecule has 0 aliphatic carbocycles. The van der Waals surface area contributed by atoms with Crippen molar-refractivity contribution in [2.24, 2.45) is 0 Å². The number of rotatable bonds is 10. The molecule has 8 heteroatoms. The number of unbranched alkanes of at least 4 members (excludes halogenated alkanes) is 2. The van der Waals surface area contributed by atoms with E-state index in [9.17, 15) is 9.59 Å². The second-order valence-corrected chi connectivity index (χ2v) is 9.93. The van der Waals surface area contributed by atoms with E-state index in [2.05, 4.69) is 12.2 Å². The molecule has 2 aromatic carbocycles. The van der Waals surface area contributed by atoms with Crippen molar-refractivity contribution in [1.82, 2.24) is 14.9 Å². The van der Waals surface area contributed by atoms with Gasteiger partial charge in [0.1, 0.15) is 0 Å². The molecule has 0 spiro atoms. The standard InChI is InChI=1S/C26H30ClN3O3S/c1-2-3-4-13-30-25(32)22-12-9-19(24(31)28-16-21-6-5-14-33-21)15-23(22)29-26(30)34-17-18-7-10-20(27)11-8-18/h7-12,15,21H,2-6,13-14,16-17H2,1H3,(H,28,31)/t21-/m1/s1. The highest BCUT2D eigenvalue weighted by molar-refractivity contribution is 7.98. The van der Waals surface area contributed by atoms with Gasteiger partial charge in [0.15, 0.2) is 5.16 Å². The van der Waals surface area contributed by atoms with E-state index in [1.54, 1.807) is 22.8 Å². The summed E-state index contributed by atoms with van der Waals surface area (Å²) in [6.45, 7) is 4.01. The minimum absolute atomic E-state index is 0.0639. The molecule has 1 saturated heterocycles. The predicted octanol–water partition coefficient (Wildman–Crippen LogP) is 5.44. The van der Waals surface area contributed by atoms with Gasteiger partial charge in [-0.1, -0.05) is 55.3 Å². The average Bonchev–Trinajstić information content (AvgIpc) is 3.37. The maximum atomic E-state index is 13.4. The second kappa shape index (κ2) is 11.9. The summed E-state index contributed by atoms with van der Waals surface area (Å²) in [4.78, 5) is 30.9. The lowest BCUT2D eigenvalue weighted by Gasteiger charge is -2.14. The van der Waals surface area contributed by atoms with E-state index in [4.69, 9.17) is 21.3 Å². The van der Waals surface area contributed by atoms with Gasteiger partial charge in [-0.2, -0.15) is 0 Å². The summed E-state index contributed by atoms with van der Waals surface area (Å²) in [6.07, 6.45) is 5.12. The molecule has 6 nitrogen and oxygen atoms in total. The Labute approximate surface area is 209 Å². The van der Waals surface area contributed by atoms with Gasteiger partial charge in [0.05, 0.1) is 17.0 Å². The topological polar surface area (TPSA) is 73.2 Å². The number of nitrogens with zero attached hydrogens (tertiary/aromatic N) is 2. The molecule has 1 fully saturated rings. The molecule has 3 aromatic rings. The SMILES string of the molecule is CCCCCn1c(SCc2ccc(Cl)cc2)nc2cc(C(=O)NC[C@H]3CCCO3)ccc2c1=O. The highest BCUT2D eigenvalue weighted by atomic mass is 35.5. The van der Waals surface area contributed by atoms with E-state index in [1.165, 1.54) is 11.8 Å². The van der Waals surface area contributed by atoms with Crippen LogP contribution in [0.4, 0.5) is 0 Å². The van der Waals surface area contributed by atoms with Gasteiger partial charge >= 0.3 is 0 Å². The number of nitrogens with one attached hydrogen (secondary N) is 1. The number of aromatic nitrogens is 2. The molecule has 0 radical (unpaired) electrons. The van der Waals surface area contributed by atoms with Crippen LogP contribution in [-0.2, 0) is 17.0 Å². The lowest BCUT2D eigenvalue weighted by Crippen LogP contribution is -2.31. The van der Waals surface area contributed by atoms with E-state index in [1.807, 2.05) is 24.3 Å². The average molecular weight is 500 g/mol. The van der Waals surface area contributed by atoms with E-state index < -0.39 is 0 Å². The number of ether oxygens (including phenoxy) is 1. The number of fused-ring (bicyclic) bond motifs is 1. The van der Waals surface area contributed by atoms with Crippen molar-refractivity contribution in [3.8, 4) is 0 Å². The highest BCUT2D eigenvalue weighted by Gasteiger charge is 2.18. The van der Waals surface area contributed by atoms with E-state index >= 15 is 0 Å². The largest absolute Gasteiger partial charge is 0.376 e. The third-order valence-electron chi connectivity index (χ3n) is 5.96. The van der Waals surface area contributed by atoms with Crippen molar-refractivity contribution >= 4 is 40.2 Å². The first-order valence-corrected chi connectivity index (χ1v) is 13.2. The summed E-state index contributed by atoms with van der Waals surface area (Å²) in [5.41, 5.74) is 2.08. The summed E-state index contributed by atoms with van der Waals surface area (Å²) in [5.74, 6) is 0.492. The number of carbonyl (C=O) groups excluding carboxylic acids is 1. The molecule has 34 heavy (non-hydrogen) atoms. The first-order chi connectivity index (χ1) is 16.5. The van der Waals surface area contributed by atoms with Crippen molar-refractivity contribution in [3.05, 3.63) is 69.0 Å². The van der Waals surface area contributed by atoms with Crippen LogP contribution in [0.5, 0.6) is 0 Å². The number of benzene rings is 2. The van der Waals surface area contributed by atoms with E-state index in [0.717, 1.165) is 44.3 Å². The molecule has 0 bridgehead atoms. The fourth-order valence-electron chi connectivity index (χ4n) is 4.01. The maximum absolute atomic E-state index is 13.4. The summed E-state index contributed by atoms with van der Waals surface area (Å²) in [6, 6.07) is 12.8. The highest BCUT2D eigenvalue weighted by Crippen LogP contribution is 2.24. The molecule has 1 aromatic heterocycles. The third-order valence-corrected chi connectivity index (χ3v) is 7.26. The molecule has 1 amide bonds. The van der Waals surface area contributed by atoms with Crippen LogP contribution in [0.15, 0.2) is 52.4 Å². The smallest absolute Gasteiger partial charge is 0.262 e. The van der Waals surface area contributed by atoms with Gasteiger partial charge in [-0.15, -0.1) is 0 Å². The van der Waals surface area contributed by atoms with Gasteiger partial charge < -0.3 is 10.1 Å². The lowest BCUT2D eigenvalue weighted by molar-refractivity contribution is 0.0858. The molecule has 2 heterocycles. The van der Waals surface area contributed by atoms with Crippen LogP contribution >= 0.6 is 23.4 Å². The predicted molar refractivity (Wildman–Crippen MR) is 138 cm³/mol. The molecule has 1 atom stereocenters. The quantitative estimate of drug-likeness (QED) is 0.228. The third kappa shape index (κ3) is 6.20. The Morgan fingerprint density at radius 2 is 2.06 bits per heavy atom. The molecule has 0 saturated carbocycles. The Bertz CT molecular complexity index is 1190. The van der Waals surface area contributed by atoms with Crippen LogP contribution in [0, 0.1) is 0 Å². The fraction of sp³-hybridized carbons (Fsp3) is 0.423. The Kier molecular flexibility index (Phi) is 8.64. The van der Waals surface area contributed by atoms with Crippen LogP contribution < -0.4 is 10.9 Å². The van der Waals surface area contributed by atoms with E-state index in [-0.39, 0.29) is 17.6 Å².